The molecule has 0 aliphatic heterocycles. The summed E-state index contributed by atoms with van der Waals surface area (Å²) in [4.78, 5) is 24.9. The van der Waals surface area contributed by atoms with Crippen molar-refractivity contribution in [3.63, 3.8) is 0 Å². The highest BCUT2D eigenvalue weighted by Crippen LogP contribution is 2.18. The van der Waals surface area contributed by atoms with Crippen molar-refractivity contribution in [2.45, 2.75) is 51.0 Å². The van der Waals surface area contributed by atoms with Gasteiger partial charge in [0.1, 0.15) is 5.82 Å². The predicted octanol–water partition coefficient (Wildman–Crippen LogP) is 4.25. The summed E-state index contributed by atoms with van der Waals surface area (Å²) in [5, 5.41) is 5.96. The summed E-state index contributed by atoms with van der Waals surface area (Å²) >= 11 is 0. The van der Waals surface area contributed by atoms with E-state index in [0.29, 0.717) is 24.1 Å². The van der Waals surface area contributed by atoms with Crippen LogP contribution in [0.2, 0.25) is 0 Å². The van der Waals surface area contributed by atoms with E-state index in [0.717, 1.165) is 31.2 Å². The maximum atomic E-state index is 12.9. The van der Waals surface area contributed by atoms with Gasteiger partial charge in [0.05, 0.1) is 0 Å². The minimum Gasteiger partial charge on any atom is -0.352 e. The lowest BCUT2D eigenvalue weighted by Gasteiger charge is -2.16. The fourth-order valence-corrected chi connectivity index (χ4v) is 3.57. The standard InChI is InChI=1S/C23H27FN2O2/c24-20-12-10-17(11-13-20)14-15-25-22(27)18-6-5-7-19(16-18)23(28)26-21-8-3-1-2-4-9-21/h5-7,10-13,16,21H,1-4,8-9,14-15H2,(H,25,27)(H,26,28). The second-order valence-corrected chi connectivity index (χ2v) is 7.38. The Bertz CT molecular complexity index is 797. The van der Waals surface area contributed by atoms with Gasteiger partial charge in [0, 0.05) is 23.7 Å². The molecule has 2 aromatic rings. The Morgan fingerprint density at radius 1 is 0.893 bits per heavy atom. The van der Waals surface area contributed by atoms with Crippen LogP contribution in [0.1, 0.15) is 64.8 Å². The van der Waals surface area contributed by atoms with Crippen LogP contribution in [0.25, 0.3) is 0 Å². The molecule has 0 atom stereocenters. The van der Waals surface area contributed by atoms with Gasteiger partial charge in [-0.05, 0) is 55.2 Å². The summed E-state index contributed by atoms with van der Waals surface area (Å²) in [5.74, 6) is -0.606. The maximum absolute atomic E-state index is 12.9. The predicted molar refractivity (Wildman–Crippen MR) is 108 cm³/mol. The number of rotatable bonds is 6. The van der Waals surface area contributed by atoms with Crippen molar-refractivity contribution in [2.24, 2.45) is 0 Å². The van der Waals surface area contributed by atoms with E-state index in [2.05, 4.69) is 10.6 Å². The van der Waals surface area contributed by atoms with Gasteiger partial charge < -0.3 is 10.6 Å². The zero-order valence-electron chi connectivity index (χ0n) is 16.0. The molecule has 1 saturated carbocycles. The van der Waals surface area contributed by atoms with E-state index in [1.54, 1.807) is 36.4 Å². The molecule has 2 amide bonds. The van der Waals surface area contributed by atoms with Gasteiger partial charge in [-0.25, -0.2) is 4.39 Å². The van der Waals surface area contributed by atoms with E-state index in [1.165, 1.54) is 25.0 Å². The minimum absolute atomic E-state index is 0.118. The molecule has 5 heteroatoms. The number of carbonyl (C=O) groups is 2. The van der Waals surface area contributed by atoms with Crippen LogP contribution in [-0.4, -0.2) is 24.4 Å². The molecule has 148 valence electrons. The van der Waals surface area contributed by atoms with Gasteiger partial charge in [-0.15, -0.1) is 0 Å². The molecule has 0 bridgehead atoms. The van der Waals surface area contributed by atoms with Gasteiger partial charge in [0.25, 0.3) is 11.8 Å². The molecular weight excluding hydrogens is 355 g/mol. The molecule has 0 aromatic heterocycles. The topological polar surface area (TPSA) is 58.2 Å². The van der Waals surface area contributed by atoms with Gasteiger partial charge in [-0.1, -0.05) is 43.9 Å². The summed E-state index contributed by atoms with van der Waals surface area (Å²) in [6.45, 7) is 0.447. The zero-order valence-corrected chi connectivity index (χ0v) is 16.0. The third kappa shape index (κ3) is 5.91. The lowest BCUT2D eigenvalue weighted by Crippen LogP contribution is -2.34. The third-order valence-corrected chi connectivity index (χ3v) is 5.19. The van der Waals surface area contributed by atoms with E-state index in [4.69, 9.17) is 0 Å². The summed E-state index contributed by atoms with van der Waals surface area (Å²) < 4.78 is 12.9. The van der Waals surface area contributed by atoms with Crippen molar-refractivity contribution in [2.75, 3.05) is 6.54 Å². The number of halogens is 1. The first kappa shape index (κ1) is 20.1. The minimum atomic E-state index is -0.272. The number of benzene rings is 2. The Kier molecular flexibility index (Phi) is 7.18. The van der Waals surface area contributed by atoms with Crippen molar-refractivity contribution in [1.29, 1.82) is 0 Å². The molecule has 1 aliphatic carbocycles. The average Bonchev–Trinajstić information content (AvgIpc) is 2.98. The second-order valence-electron chi connectivity index (χ2n) is 7.38. The fraction of sp³-hybridized carbons (Fsp3) is 0.391. The lowest BCUT2D eigenvalue weighted by molar-refractivity contribution is 0.0933. The molecule has 1 aliphatic rings. The molecular formula is C23H27FN2O2. The Balaban J connectivity index is 1.53. The summed E-state index contributed by atoms with van der Waals surface area (Å²) in [6, 6.07) is 13.3. The first-order valence-electron chi connectivity index (χ1n) is 10.1. The van der Waals surface area contributed by atoms with Crippen LogP contribution >= 0.6 is 0 Å². The molecule has 0 spiro atoms. The third-order valence-electron chi connectivity index (χ3n) is 5.19. The Hall–Kier alpha value is -2.69. The molecule has 2 aromatic carbocycles. The highest BCUT2D eigenvalue weighted by Gasteiger charge is 2.16. The van der Waals surface area contributed by atoms with Gasteiger partial charge in [0.2, 0.25) is 0 Å². The van der Waals surface area contributed by atoms with Crippen molar-refractivity contribution in [3.8, 4) is 0 Å². The molecule has 2 N–H and O–H groups in total. The van der Waals surface area contributed by atoms with Crippen molar-refractivity contribution in [1.82, 2.24) is 10.6 Å². The molecule has 0 saturated heterocycles. The van der Waals surface area contributed by atoms with Crippen LogP contribution in [0.4, 0.5) is 4.39 Å². The Morgan fingerprint density at radius 3 is 2.21 bits per heavy atom. The van der Waals surface area contributed by atoms with Crippen molar-refractivity contribution >= 4 is 11.8 Å². The highest BCUT2D eigenvalue weighted by molar-refractivity contribution is 5.99. The summed E-state index contributed by atoms with van der Waals surface area (Å²) in [5.41, 5.74) is 1.93. The van der Waals surface area contributed by atoms with E-state index < -0.39 is 0 Å². The Labute approximate surface area is 165 Å². The molecule has 3 rings (SSSR count). The lowest BCUT2D eigenvalue weighted by atomic mass is 10.1. The van der Waals surface area contributed by atoms with E-state index in [9.17, 15) is 14.0 Å². The molecule has 4 nitrogen and oxygen atoms in total. The van der Waals surface area contributed by atoms with Crippen LogP contribution in [-0.2, 0) is 6.42 Å². The normalized spacial score (nSPS) is 14.9. The van der Waals surface area contributed by atoms with Gasteiger partial charge in [-0.3, -0.25) is 9.59 Å². The molecule has 0 radical (unpaired) electrons. The molecule has 0 unspecified atom stereocenters. The fourth-order valence-electron chi connectivity index (χ4n) is 3.57. The maximum Gasteiger partial charge on any atom is 0.251 e. The molecule has 0 heterocycles. The SMILES string of the molecule is O=C(NCCc1ccc(F)cc1)c1cccc(C(=O)NC2CCCCCC2)c1. The Morgan fingerprint density at radius 2 is 1.54 bits per heavy atom. The monoisotopic (exact) mass is 382 g/mol. The summed E-state index contributed by atoms with van der Waals surface area (Å²) in [6.07, 6.45) is 7.45. The average molecular weight is 382 g/mol. The number of amides is 2. The molecule has 28 heavy (non-hydrogen) atoms. The van der Waals surface area contributed by atoms with Crippen LogP contribution in [0, 0.1) is 5.82 Å². The van der Waals surface area contributed by atoms with E-state index in [1.807, 2.05) is 0 Å². The zero-order chi connectivity index (χ0) is 19.8. The van der Waals surface area contributed by atoms with Crippen LogP contribution in [0.15, 0.2) is 48.5 Å². The van der Waals surface area contributed by atoms with Crippen molar-refractivity contribution in [3.05, 3.63) is 71.0 Å². The van der Waals surface area contributed by atoms with Crippen LogP contribution < -0.4 is 10.6 Å². The quantitative estimate of drug-likeness (QED) is 0.734. The van der Waals surface area contributed by atoms with Gasteiger partial charge in [-0.2, -0.15) is 0 Å². The van der Waals surface area contributed by atoms with Crippen LogP contribution in [0.5, 0.6) is 0 Å². The smallest absolute Gasteiger partial charge is 0.251 e. The van der Waals surface area contributed by atoms with E-state index in [-0.39, 0.29) is 23.7 Å². The molecule has 1 fully saturated rings. The highest BCUT2D eigenvalue weighted by atomic mass is 19.1. The van der Waals surface area contributed by atoms with E-state index >= 15 is 0 Å². The van der Waals surface area contributed by atoms with Crippen LogP contribution in [0.3, 0.4) is 0 Å². The second kappa shape index (κ2) is 10.0. The summed E-state index contributed by atoms with van der Waals surface area (Å²) in [7, 11) is 0. The first-order chi connectivity index (χ1) is 13.6. The van der Waals surface area contributed by atoms with Gasteiger partial charge in [0.15, 0.2) is 0 Å². The number of carbonyl (C=O) groups excluding carboxylic acids is 2. The largest absolute Gasteiger partial charge is 0.352 e. The number of hydrogen-bond acceptors (Lipinski definition) is 2. The number of nitrogens with one attached hydrogen (secondary N) is 2. The number of hydrogen-bond donors (Lipinski definition) is 2. The van der Waals surface area contributed by atoms with Crippen molar-refractivity contribution < 1.29 is 14.0 Å². The van der Waals surface area contributed by atoms with Gasteiger partial charge >= 0.3 is 0 Å². The first-order valence-corrected chi connectivity index (χ1v) is 10.1.